The molecule has 0 heterocycles. The number of rotatable bonds is 5. The molecule has 1 N–H and O–H groups in total. The van der Waals surface area contributed by atoms with Crippen molar-refractivity contribution in [3.63, 3.8) is 0 Å². The first-order valence-corrected chi connectivity index (χ1v) is 6.73. The minimum Gasteiger partial charge on any atom is -0.453 e. The summed E-state index contributed by atoms with van der Waals surface area (Å²) in [6.45, 7) is 0.584. The largest absolute Gasteiger partial charge is 0.453 e. The number of ether oxygens (including phenoxy) is 1. The zero-order valence-electron chi connectivity index (χ0n) is 11.6. The number of benzene rings is 2. The van der Waals surface area contributed by atoms with Gasteiger partial charge in [-0.25, -0.2) is 4.79 Å². The van der Waals surface area contributed by atoms with E-state index >= 15 is 0 Å². The summed E-state index contributed by atoms with van der Waals surface area (Å²) in [4.78, 5) is 11.1. The smallest absolute Gasteiger partial charge is 0.406 e. The number of carbonyl (C=O) groups excluding carboxylic acids is 1. The van der Waals surface area contributed by atoms with E-state index in [0.717, 1.165) is 6.42 Å². The van der Waals surface area contributed by atoms with Gasteiger partial charge in [0.05, 0.1) is 7.11 Å². The van der Waals surface area contributed by atoms with Crippen molar-refractivity contribution in [2.75, 3.05) is 13.7 Å². The highest BCUT2D eigenvalue weighted by Gasteiger charge is 2.13. The monoisotopic (exact) mass is 269 g/mol. The van der Waals surface area contributed by atoms with Gasteiger partial charge in [0.15, 0.2) is 0 Å². The second-order valence-electron chi connectivity index (χ2n) is 4.58. The number of hydrogen-bond acceptors (Lipinski definition) is 2. The highest BCUT2D eigenvalue weighted by atomic mass is 16.5. The minimum absolute atomic E-state index is 0.273. The topological polar surface area (TPSA) is 38.3 Å². The van der Waals surface area contributed by atoms with E-state index in [0.29, 0.717) is 6.54 Å². The summed E-state index contributed by atoms with van der Waals surface area (Å²) in [7, 11) is 1.38. The molecule has 2 rings (SSSR count). The Labute approximate surface area is 119 Å². The Bertz CT molecular complexity index is 486. The van der Waals surface area contributed by atoms with Crippen LogP contribution in [0.15, 0.2) is 60.7 Å². The molecule has 2 aromatic carbocycles. The van der Waals surface area contributed by atoms with Crippen LogP contribution in [0.4, 0.5) is 4.79 Å². The molecule has 3 nitrogen and oxygen atoms in total. The number of amides is 1. The van der Waals surface area contributed by atoms with E-state index in [-0.39, 0.29) is 12.0 Å². The molecule has 0 saturated heterocycles. The van der Waals surface area contributed by atoms with Crippen molar-refractivity contribution >= 4 is 6.09 Å². The molecular formula is C17H19NO2. The third kappa shape index (κ3) is 3.85. The van der Waals surface area contributed by atoms with Crippen LogP contribution in [0.5, 0.6) is 0 Å². The summed E-state index contributed by atoms with van der Waals surface area (Å²) in [6, 6.07) is 20.7. The Morgan fingerprint density at radius 1 is 1.00 bits per heavy atom. The number of alkyl carbamates (subject to hydrolysis) is 1. The van der Waals surface area contributed by atoms with Crippen molar-refractivity contribution in [1.82, 2.24) is 5.32 Å². The maximum Gasteiger partial charge on any atom is 0.406 e. The van der Waals surface area contributed by atoms with Gasteiger partial charge in [-0.2, -0.15) is 0 Å². The van der Waals surface area contributed by atoms with Gasteiger partial charge >= 0.3 is 6.09 Å². The lowest BCUT2D eigenvalue weighted by Gasteiger charge is -2.18. The van der Waals surface area contributed by atoms with Crippen LogP contribution >= 0.6 is 0 Å². The molecule has 0 fully saturated rings. The minimum atomic E-state index is -0.384. The van der Waals surface area contributed by atoms with Crippen LogP contribution in [0.1, 0.15) is 23.5 Å². The predicted molar refractivity (Wildman–Crippen MR) is 79.8 cm³/mol. The van der Waals surface area contributed by atoms with Gasteiger partial charge in [0.2, 0.25) is 0 Å². The predicted octanol–water partition coefficient (Wildman–Crippen LogP) is 3.56. The van der Waals surface area contributed by atoms with Gasteiger partial charge in [-0.05, 0) is 17.5 Å². The zero-order valence-corrected chi connectivity index (χ0v) is 11.6. The van der Waals surface area contributed by atoms with E-state index in [4.69, 9.17) is 0 Å². The maximum atomic E-state index is 11.1. The van der Waals surface area contributed by atoms with Crippen LogP contribution < -0.4 is 5.32 Å². The van der Waals surface area contributed by atoms with Crippen LogP contribution in [-0.4, -0.2) is 19.7 Å². The van der Waals surface area contributed by atoms with E-state index in [1.165, 1.54) is 18.2 Å². The van der Waals surface area contributed by atoms with Crippen molar-refractivity contribution in [1.29, 1.82) is 0 Å². The molecule has 2 aromatic rings. The fraction of sp³-hybridized carbons (Fsp3) is 0.235. The molecule has 0 bridgehead atoms. The van der Waals surface area contributed by atoms with Crippen LogP contribution in [0, 0.1) is 0 Å². The molecular weight excluding hydrogens is 250 g/mol. The first kappa shape index (κ1) is 14.1. The van der Waals surface area contributed by atoms with Gasteiger partial charge in [0, 0.05) is 12.5 Å². The second-order valence-corrected chi connectivity index (χ2v) is 4.58. The molecule has 0 saturated carbocycles. The third-order valence-electron chi connectivity index (χ3n) is 3.29. The fourth-order valence-corrected chi connectivity index (χ4v) is 2.29. The lowest BCUT2D eigenvalue weighted by molar-refractivity contribution is 0.171. The summed E-state index contributed by atoms with van der Waals surface area (Å²) >= 11 is 0. The average Bonchev–Trinajstić information content (AvgIpc) is 2.53. The first-order valence-electron chi connectivity index (χ1n) is 6.73. The summed E-state index contributed by atoms with van der Waals surface area (Å²) in [5.41, 5.74) is 2.51. The lowest BCUT2D eigenvalue weighted by Crippen LogP contribution is -2.25. The van der Waals surface area contributed by atoms with Crippen molar-refractivity contribution in [2.45, 2.75) is 12.3 Å². The summed E-state index contributed by atoms with van der Waals surface area (Å²) in [5.74, 6) is 0.273. The molecule has 20 heavy (non-hydrogen) atoms. The van der Waals surface area contributed by atoms with Gasteiger partial charge in [-0.3, -0.25) is 0 Å². The second kappa shape index (κ2) is 7.34. The average molecular weight is 269 g/mol. The Morgan fingerprint density at radius 2 is 1.50 bits per heavy atom. The number of nitrogens with one attached hydrogen (secondary N) is 1. The third-order valence-corrected chi connectivity index (χ3v) is 3.29. The van der Waals surface area contributed by atoms with Gasteiger partial charge in [-0.1, -0.05) is 60.7 Å². The summed E-state index contributed by atoms with van der Waals surface area (Å²) < 4.78 is 4.59. The molecule has 0 radical (unpaired) electrons. The van der Waals surface area contributed by atoms with Crippen molar-refractivity contribution in [2.24, 2.45) is 0 Å². The van der Waals surface area contributed by atoms with Crippen LogP contribution in [0.25, 0.3) is 0 Å². The first-order chi connectivity index (χ1) is 9.81. The van der Waals surface area contributed by atoms with Gasteiger partial charge in [-0.15, -0.1) is 0 Å². The molecule has 0 aromatic heterocycles. The van der Waals surface area contributed by atoms with Gasteiger partial charge in [0.25, 0.3) is 0 Å². The summed E-state index contributed by atoms with van der Waals surface area (Å²) in [5, 5.41) is 2.74. The lowest BCUT2D eigenvalue weighted by atomic mass is 9.88. The molecule has 0 unspecified atom stereocenters. The Morgan fingerprint density at radius 3 is 1.95 bits per heavy atom. The van der Waals surface area contributed by atoms with Crippen molar-refractivity contribution in [3.8, 4) is 0 Å². The van der Waals surface area contributed by atoms with Crippen LogP contribution in [0.3, 0.4) is 0 Å². The SMILES string of the molecule is COC(=O)NCCC(c1ccccc1)c1ccccc1. The van der Waals surface area contributed by atoms with E-state index in [1.54, 1.807) is 0 Å². The van der Waals surface area contributed by atoms with E-state index in [1.807, 2.05) is 36.4 Å². The van der Waals surface area contributed by atoms with Crippen molar-refractivity contribution < 1.29 is 9.53 Å². The molecule has 104 valence electrons. The Kier molecular flexibility index (Phi) is 5.18. The standard InChI is InChI=1S/C17H19NO2/c1-20-17(19)18-13-12-16(14-8-4-2-5-9-14)15-10-6-3-7-11-15/h2-11,16H,12-13H2,1H3,(H,18,19). The Hall–Kier alpha value is -2.29. The molecule has 0 atom stereocenters. The molecule has 3 heteroatoms. The normalized spacial score (nSPS) is 10.3. The van der Waals surface area contributed by atoms with E-state index < -0.39 is 0 Å². The van der Waals surface area contributed by atoms with E-state index in [2.05, 4.69) is 34.3 Å². The highest BCUT2D eigenvalue weighted by molar-refractivity contribution is 5.66. The number of carbonyl (C=O) groups is 1. The maximum absolute atomic E-state index is 11.1. The van der Waals surface area contributed by atoms with Crippen molar-refractivity contribution in [3.05, 3.63) is 71.8 Å². The zero-order chi connectivity index (χ0) is 14.2. The Balaban J connectivity index is 2.11. The van der Waals surface area contributed by atoms with Crippen LogP contribution in [0.2, 0.25) is 0 Å². The van der Waals surface area contributed by atoms with E-state index in [9.17, 15) is 4.79 Å². The van der Waals surface area contributed by atoms with Gasteiger partial charge in [0.1, 0.15) is 0 Å². The summed E-state index contributed by atoms with van der Waals surface area (Å²) in [6.07, 6.45) is 0.452. The molecule has 0 spiro atoms. The molecule has 0 aliphatic heterocycles. The highest BCUT2D eigenvalue weighted by Crippen LogP contribution is 2.27. The molecule has 1 amide bonds. The quantitative estimate of drug-likeness (QED) is 0.901. The number of hydrogen-bond donors (Lipinski definition) is 1. The number of methoxy groups -OCH3 is 1. The fourth-order valence-electron chi connectivity index (χ4n) is 2.29. The molecule has 0 aliphatic rings. The van der Waals surface area contributed by atoms with Crippen LogP contribution in [-0.2, 0) is 4.74 Å². The van der Waals surface area contributed by atoms with Gasteiger partial charge < -0.3 is 10.1 Å². The molecule has 0 aliphatic carbocycles.